The van der Waals surface area contributed by atoms with Gasteiger partial charge in [0.1, 0.15) is 6.61 Å². The van der Waals surface area contributed by atoms with Gasteiger partial charge in [0.2, 0.25) is 0 Å². The Balaban J connectivity index is 1.80. The quantitative estimate of drug-likeness (QED) is 0.410. The third kappa shape index (κ3) is 4.32. The van der Waals surface area contributed by atoms with Gasteiger partial charge in [-0.05, 0) is 23.9 Å². The maximum atomic E-state index is 13.5. The summed E-state index contributed by atoms with van der Waals surface area (Å²) in [5, 5.41) is 4.30. The fraction of sp³-hybridized carbons (Fsp3) is 0.208. The molecule has 0 N–H and O–H groups in total. The number of benzene rings is 2. The fourth-order valence-electron chi connectivity index (χ4n) is 3.64. The number of rotatable bonds is 7. The summed E-state index contributed by atoms with van der Waals surface area (Å²) in [6.07, 6.45) is -3.78. The zero-order chi connectivity index (χ0) is 24.5. The first-order valence-corrected chi connectivity index (χ1v) is 10.4. The lowest BCUT2D eigenvalue weighted by atomic mass is 10.0. The highest BCUT2D eigenvalue weighted by molar-refractivity contribution is 5.93. The summed E-state index contributed by atoms with van der Waals surface area (Å²) in [4.78, 5) is 26.9. The van der Waals surface area contributed by atoms with Gasteiger partial charge in [-0.1, -0.05) is 55.1 Å². The highest BCUT2D eigenvalue weighted by Crippen LogP contribution is 2.35. The minimum Gasteiger partial charge on any atom is -0.369 e. The zero-order valence-electron chi connectivity index (χ0n) is 18.2. The second-order valence-corrected chi connectivity index (χ2v) is 7.53. The molecular weight excluding hydrogens is 449 g/mol. The SMILES string of the molecule is C=C(c1cn(-n2nc(COCc3ccccc3)n(CC)c2=O)c(=O)c2ccccc12)C(F)(F)F. The van der Waals surface area contributed by atoms with Gasteiger partial charge in [0.15, 0.2) is 5.82 Å². The first-order chi connectivity index (χ1) is 16.2. The number of alkyl halides is 3. The largest absolute Gasteiger partial charge is 0.416 e. The van der Waals surface area contributed by atoms with Crippen LogP contribution in [0.15, 0.2) is 77.0 Å². The van der Waals surface area contributed by atoms with Crippen molar-refractivity contribution in [3.05, 3.63) is 105 Å². The molecule has 2 heterocycles. The smallest absolute Gasteiger partial charge is 0.369 e. The number of fused-ring (bicyclic) bond motifs is 1. The number of halogens is 3. The number of hydrogen-bond acceptors (Lipinski definition) is 4. The average molecular weight is 470 g/mol. The van der Waals surface area contributed by atoms with Crippen molar-refractivity contribution in [1.29, 1.82) is 0 Å². The zero-order valence-corrected chi connectivity index (χ0v) is 18.2. The van der Waals surface area contributed by atoms with Gasteiger partial charge in [0, 0.05) is 23.7 Å². The first kappa shape index (κ1) is 23.2. The van der Waals surface area contributed by atoms with Crippen LogP contribution in [0.1, 0.15) is 23.9 Å². The van der Waals surface area contributed by atoms with E-state index in [0.29, 0.717) is 0 Å². The summed E-state index contributed by atoms with van der Waals surface area (Å²) >= 11 is 0. The van der Waals surface area contributed by atoms with E-state index in [9.17, 15) is 22.8 Å². The van der Waals surface area contributed by atoms with E-state index in [1.54, 1.807) is 6.92 Å². The molecule has 0 fully saturated rings. The van der Waals surface area contributed by atoms with Crippen molar-refractivity contribution in [2.45, 2.75) is 32.9 Å². The monoisotopic (exact) mass is 470 g/mol. The molecule has 0 bridgehead atoms. The number of hydrogen-bond donors (Lipinski definition) is 0. The van der Waals surface area contributed by atoms with Gasteiger partial charge in [-0.25, -0.2) is 4.79 Å². The van der Waals surface area contributed by atoms with Crippen molar-refractivity contribution in [3.63, 3.8) is 0 Å². The molecule has 2 aromatic heterocycles. The maximum absolute atomic E-state index is 13.5. The van der Waals surface area contributed by atoms with E-state index >= 15 is 0 Å². The van der Waals surface area contributed by atoms with Crippen molar-refractivity contribution in [3.8, 4) is 0 Å². The van der Waals surface area contributed by atoms with Crippen LogP contribution in [-0.4, -0.2) is 25.3 Å². The van der Waals surface area contributed by atoms with Crippen molar-refractivity contribution in [2.24, 2.45) is 0 Å². The van der Waals surface area contributed by atoms with Crippen LogP contribution in [0.2, 0.25) is 0 Å². The van der Waals surface area contributed by atoms with E-state index in [0.717, 1.165) is 21.2 Å². The van der Waals surface area contributed by atoms with E-state index in [1.165, 1.54) is 28.8 Å². The topological polar surface area (TPSA) is 71.0 Å². The van der Waals surface area contributed by atoms with Crippen LogP contribution >= 0.6 is 0 Å². The van der Waals surface area contributed by atoms with Gasteiger partial charge in [-0.3, -0.25) is 9.36 Å². The Bertz CT molecular complexity index is 1470. The molecule has 176 valence electrons. The van der Waals surface area contributed by atoms with Crippen molar-refractivity contribution >= 4 is 16.3 Å². The Morgan fingerprint density at radius 1 is 1.00 bits per heavy atom. The Morgan fingerprint density at radius 2 is 1.65 bits per heavy atom. The van der Waals surface area contributed by atoms with Crippen LogP contribution in [0, 0.1) is 0 Å². The molecule has 0 spiro atoms. The highest BCUT2D eigenvalue weighted by Gasteiger charge is 2.34. The third-order valence-electron chi connectivity index (χ3n) is 5.36. The van der Waals surface area contributed by atoms with Crippen LogP contribution in [0.25, 0.3) is 16.3 Å². The lowest BCUT2D eigenvalue weighted by Crippen LogP contribution is -2.36. The number of allylic oxidation sites excluding steroid dienone is 1. The lowest BCUT2D eigenvalue weighted by Gasteiger charge is -2.15. The highest BCUT2D eigenvalue weighted by atomic mass is 19.4. The van der Waals surface area contributed by atoms with Crippen LogP contribution in [0.3, 0.4) is 0 Å². The van der Waals surface area contributed by atoms with Crippen LogP contribution in [-0.2, 0) is 24.5 Å². The van der Waals surface area contributed by atoms with Gasteiger partial charge >= 0.3 is 11.9 Å². The molecule has 34 heavy (non-hydrogen) atoms. The van der Waals surface area contributed by atoms with Crippen molar-refractivity contribution < 1.29 is 17.9 Å². The summed E-state index contributed by atoms with van der Waals surface area (Å²) in [7, 11) is 0. The van der Waals surface area contributed by atoms with Crippen LogP contribution < -0.4 is 11.2 Å². The molecule has 0 unspecified atom stereocenters. The standard InChI is InChI=1S/C24H21F3N4O3/c1-3-29-21(15-34-14-17-9-5-4-6-10-17)28-31(23(29)33)30-13-20(16(2)24(25,26)27)18-11-7-8-12-19(18)22(30)32/h4-13H,2-3,14-15H2,1H3. The molecule has 10 heteroatoms. The summed E-state index contributed by atoms with van der Waals surface area (Å²) in [5.41, 5.74) is -1.89. The minimum atomic E-state index is -4.73. The molecule has 0 atom stereocenters. The number of ether oxygens (including phenoxy) is 1. The minimum absolute atomic E-state index is 0.00484. The number of aromatic nitrogens is 4. The molecule has 7 nitrogen and oxygen atoms in total. The molecule has 0 aliphatic carbocycles. The second kappa shape index (κ2) is 9.14. The van der Waals surface area contributed by atoms with Gasteiger partial charge in [0.05, 0.1) is 12.2 Å². The Labute approximate surface area is 191 Å². The Hall–Kier alpha value is -3.92. The van der Waals surface area contributed by atoms with E-state index in [-0.39, 0.29) is 41.9 Å². The second-order valence-electron chi connectivity index (χ2n) is 7.53. The van der Waals surface area contributed by atoms with E-state index in [2.05, 4.69) is 11.7 Å². The van der Waals surface area contributed by atoms with Crippen LogP contribution in [0.5, 0.6) is 0 Å². The fourth-order valence-corrected chi connectivity index (χ4v) is 3.64. The third-order valence-corrected chi connectivity index (χ3v) is 5.36. The molecule has 0 saturated heterocycles. The Morgan fingerprint density at radius 3 is 2.29 bits per heavy atom. The van der Waals surface area contributed by atoms with Gasteiger partial charge in [-0.15, -0.1) is 9.89 Å². The van der Waals surface area contributed by atoms with Gasteiger partial charge < -0.3 is 4.74 Å². The molecule has 0 saturated carbocycles. The summed E-state index contributed by atoms with van der Waals surface area (Å²) in [6.45, 7) is 5.36. The molecule has 0 aliphatic rings. The molecule has 0 radical (unpaired) electrons. The van der Waals surface area contributed by atoms with Gasteiger partial charge in [0.25, 0.3) is 5.56 Å². The first-order valence-electron chi connectivity index (χ1n) is 10.4. The predicted molar refractivity (Wildman–Crippen MR) is 121 cm³/mol. The van der Waals surface area contributed by atoms with Crippen molar-refractivity contribution in [2.75, 3.05) is 0 Å². The molecule has 2 aromatic carbocycles. The predicted octanol–water partition coefficient (Wildman–Crippen LogP) is 3.98. The molecule has 4 aromatic rings. The molecule has 4 rings (SSSR count). The normalized spacial score (nSPS) is 11.8. The Kier molecular flexibility index (Phi) is 6.25. The van der Waals surface area contributed by atoms with E-state index in [4.69, 9.17) is 4.74 Å². The maximum Gasteiger partial charge on any atom is 0.416 e. The summed E-state index contributed by atoms with van der Waals surface area (Å²) < 4.78 is 48.2. The number of nitrogens with zero attached hydrogens (tertiary/aromatic N) is 4. The summed E-state index contributed by atoms with van der Waals surface area (Å²) in [5.74, 6) is 0.236. The molecule has 0 aliphatic heterocycles. The lowest BCUT2D eigenvalue weighted by molar-refractivity contribution is -0.0686. The van der Waals surface area contributed by atoms with E-state index in [1.807, 2.05) is 30.3 Å². The van der Waals surface area contributed by atoms with Crippen molar-refractivity contribution in [1.82, 2.24) is 19.1 Å². The molecular formula is C24H21F3N4O3. The summed E-state index contributed by atoms with van der Waals surface area (Å²) in [6, 6.07) is 15.2. The average Bonchev–Trinajstić information content (AvgIpc) is 3.14. The van der Waals surface area contributed by atoms with Gasteiger partial charge in [-0.2, -0.15) is 17.8 Å². The van der Waals surface area contributed by atoms with E-state index < -0.39 is 23.0 Å². The van der Waals surface area contributed by atoms with Crippen LogP contribution in [0.4, 0.5) is 13.2 Å². The number of pyridine rings is 1. The molecule has 0 amide bonds.